The Balaban J connectivity index is 2.11. The monoisotopic (exact) mass is 164 g/mol. The van der Waals surface area contributed by atoms with Crippen LogP contribution in [0.5, 0.6) is 0 Å². The van der Waals surface area contributed by atoms with Crippen molar-refractivity contribution < 1.29 is 9.47 Å². The highest BCUT2D eigenvalue weighted by Crippen LogP contribution is 2.31. The van der Waals surface area contributed by atoms with Gasteiger partial charge in [-0.1, -0.05) is 30.3 Å². The number of ether oxygens (including phenoxy) is 2. The lowest BCUT2D eigenvalue weighted by Gasteiger charge is -2.35. The van der Waals surface area contributed by atoms with Crippen LogP contribution in [0.25, 0.3) is 0 Å². The summed E-state index contributed by atoms with van der Waals surface area (Å²) in [4.78, 5) is 0. The van der Waals surface area contributed by atoms with Gasteiger partial charge in [0.1, 0.15) is 12.2 Å². The first-order valence-corrected chi connectivity index (χ1v) is 4.11. The molecule has 0 amide bonds. The average molecular weight is 164 g/mol. The van der Waals surface area contributed by atoms with Crippen LogP contribution in [0.3, 0.4) is 0 Å². The van der Waals surface area contributed by atoms with Crippen molar-refractivity contribution in [3.63, 3.8) is 0 Å². The zero-order valence-electron chi connectivity index (χ0n) is 7.07. The van der Waals surface area contributed by atoms with E-state index in [0.717, 1.165) is 6.61 Å². The van der Waals surface area contributed by atoms with E-state index in [9.17, 15) is 0 Å². The Kier molecular flexibility index (Phi) is 2.11. The summed E-state index contributed by atoms with van der Waals surface area (Å²) in [5.74, 6) is 0. The number of rotatable bonds is 2. The standard InChI is InChI=1S/C10H12O2/c1-11-9-7-12-10(9)8-5-3-2-4-6-8/h2-6,9-10H,7H2,1H3/t9-,10-/m0/s1. The topological polar surface area (TPSA) is 18.5 Å². The molecule has 2 heteroatoms. The van der Waals surface area contributed by atoms with Crippen LogP contribution in [-0.2, 0) is 9.47 Å². The van der Waals surface area contributed by atoms with Crippen LogP contribution in [0.4, 0.5) is 0 Å². The van der Waals surface area contributed by atoms with Gasteiger partial charge in [0.25, 0.3) is 0 Å². The van der Waals surface area contributed by atoms with Gasteiger partial charge in [0.05, 0.1) is 6.61 Å². The lowest BCUT2D eigenvalue weighted by molar-refractivity contribution is -0.179. The van der Waals surface area contributed by atoms with E-state index in [-0.39, 0.29) is 12.2 Å². The predicted octanol–water partition coefficient (Wildman–Crippen LogP) is 1.77. The second-order valence-electron chi connectivity index (χ2n) is 2.94. The van der Waals surface area contributed by atoms with Crippen molar-refractivity contribution in [2.24, 2.45) is 0 Å². The Morgan fingerprint density at radius 3 is 2.58 bits per heavy atom. The molecule has 1 aromatic rings. The maximum Gasteiger partial charge on any atom is 0.111 e. The van der Waals surface area contributed by atoms with Crippen molar-refractivity contribution in [3.05, 3.63) is 35.9 Å². The maximum absolute atomic E-state index is 5.40. The molecule has 2 atom stereocenters. The van der Waals surface area contributed by atoms with E-state index in [1.165, 1.54) is 5.56 Å². The molecule has 12 heavy (non-hydrogen) atoms. The molecule has 0 unspecified atom stereocenters. The Bertz CT molecular complexity index is 243. The highest BCUT2D eigenvalue weighted by molar-refractivity contribution is 5.20. The van der Waals surface area contributed by atoms with Crippen LogP contribution in [0, 0.1) is 0 Å². The minimum atomic E-state index is 0.149. The summed E-state index contributed by atoms with van der Waals surface area (Å²) in [5, 5.41) is 0. The van der Waals surface area contributed by atoms with Crippen LogP contribution in [-0.4, -0.2) is 19.8 Å². The van der Waals surface area contributed by atoms with Crippen LogP contribution in [0.1, 0.15) is 11.7 Å². The molecule has 1 aliphatic rings. The van der Waals surface area contributed by atoms with E-state index >= 15 is 0 Å². The van der Waals surface area contributed by atoms with Crippen LogP contribution in [0.2, 0.25) is 0 Å². The summed E-state index contributed by atoms with van der Waals surface area (Å²) in [5.41, 5.74) is 1.20. The first-order chi connectivity index (χ1) is 5.92. The molecule has 0 spiro atoms. The second kappa shape index (κ2) is 3.25. The molecule has 1 saturated heterocycles. The molecule has 2 rings (SSSR count). The number of hydrogen-bond acceptors (Lipinski definition) is 2. The van der Waals surface area contributed by atoms with Crippen LogP contribution in [0.15, 0.2) is 30.3 Å². The van der Waals surface area contributed by atoms with Crippen molar-refractivity contribution in [1.29, 1.82) is 0 Å². The second-order valence-corrected chi connectivity index (χ2v) is 2.94. The van der Waals surface area contributed by atoms with Crippen molar-refractivity contribution in [2.45, 2.75) is 12.2 Å². The van der Waals surface area contributed by atoms with Crippen molar-refractivity contribution in [2.75, 3.05) is 13.7 Å². The molecular formula is C10H12O2. The summed E-state index contributed by atoms with van der Waals surface area (Å²) in [6.45, 7) is 0.718. The third kappa shape index (κ3) is 1.24. The molecule has 0 saturated carbocycles. The summed E-state index contributed by atoms with van der Waals surface area (Å²) < 4.78 is 10.6. The van der Waals surface area contributed by atoms with Crippen LogP contribution >= 0.6 is 0 Å². The van der Waals surface area contributed by atoms with E-state index in [4.69, 9.17) is 9.47 Å². The molecule has 1 fully saturated rings. The summed E-state index contributed by atoms with van der Waals surface area (Å²) in [6, 6.07) is 10.2. The van der Waals surface area contributed by atoms with E-state index < -0.39 is 0 Å². The Hall–Kier alpha value is -0.860. The van der Waals surface area contributed by atoms with Gasteiger partial charge in [-0.15, -0.1) is 0 Å². The molecule has 0 aliphatic carbocycles. The van der Waals surface area contributed by atoms with Gasteiger partial charge >= 0.3 is 0 Å². The molecule has 0 radical (unpaired) electrons. The zero-order valence-corrected chi connectivity index (χ0v) is 7.07. The minimum Gasteiger partial charge on any atom is -0.376 e. The number of benzene rings is 1. The van der Waals surface area contributed by atoms with E-state index in [0.29, 0.717) is 0 Å². The Morgan fingerprint density at radius 1 is 1.33 bits per heavy atom. The molecule has 1 heterocycles. The number of hydrogen-bond donors (Lipinski definition) is 0. The van der Waals surface area contributed by atoms with E-state index in [2.05, 4.69) is 12.1 Å². The molecule has 64 valence electrons. The molecule has 1 aliphatic heterocycles. The fraction of sp³-hybridized carbons (Fsp3) is 0.400. The van der Waals surface area contributed by atoms with Gasteiger partial charge in [0, 0.05) is 7.11 Å². The highest BCUT2D eigenvalue weighted by atomic mass is 16.6. The molecule has 0 N–H and O–H groups in total. The highest BCUT2D eigenvalue weighted by Gasteiger charge is 2.32. The van der Waals surface area contributed by atoms with Crippen molar-refractivity contribution >= 4 is 0 Å². The Morgan fingerprint density at radius 2 is 2.08 bits per heavy atom. The predicted molar refractivity (Wildman–Crippen MR) is 45.9 cm³/mol. The summed E-state index contributed by atoms with van der Waals surface area (Å²) in [7, 11) is 1.73. The summed E-state index contributed by atoms with van der Waals surface area (Å²) in [6.07, 6.45) is 0.392. The quantitative estimate of drug-likeness (QED) is 0.663. The first-order valence-electron chi connectivity index (χ1n) is 4.11. The van der Waals surface area contributed by atoms with Crippen LogP contribution < -0.4 is 0 Å². The van der Waals surface area contributed by atoms with Crippen molar-refractivity contribution in [3.8, 4) is 0 Å². The van der Waals surface area contributed by atoms with Gasteiger partial charge in [-0.3, -0.25) is 0 Å². The van der Waals surface area contributed by atoms with Crippen molar-refractivity contribution in [1.82, 2.24) is 0 Å². The first kappa shape index (κ1) is 7.77. The third-order valence-corrected chi connectivity index (χ3v) is 2.21. The Labute approximate surface area is 72.1 Å². The zero-order chi connectivity index (χ0) is 8.39. The molecule has 2 nitrogen and oxygen atoms in total. The van der Waals surface area contributed by atoms with Gasteiger partial charge in [0.2, 0.25) is 0 Å². The van der Waals surface area contributed by atoms with E-state index in [1.807, 2.05) is 18.2 Å². The average Bonchev–Trinajstić information content (AvgIpc) is 2.05. The van der Waals surface area contributed by atoms with Gasteiger partial charge in [-0.05, 0) is 5.56 Å². The van der Waals surface area contributed by atoms with Gasteiger partial charge in [-0.25, -0.2) is 0 Å². The fourth-order valence-electron chi connectivity index (χ4n) is 1.42. The molecule has 0 aromatic heterocycles. The summed E-state index contributed by atoms with van der Waals surface area (Å²) >= 11 is 0. The van der Waals surface area contributed by atoms with Gasteiger partial charge in [0.15, 0.2) is 0 Å². The SMILES string of the molecule is CO[C@H]1CO[C@H]1c1ccccc1. The molecule has 1 aromatic carbocycles. The van der Waals surface area contributed by atoms with Gasteiger partial charge in [-0.2, -0.15) is 0 Å². The normalized spacial score (nSPS) is 28.1. The molecule has 0 bridgehead atoms. The lowest BCUT2D eigenvalue weighted by atomic mass is 10.0. The minimum absolute atomic E-state index is 0.149. The van der Waals surface area contributed by atoms with E-state index in [1.54, 1.807) is 7.11 Å². The number of methoxy groups -OCH3 is 1. The smallest absolute Gasteiger partial charge is 0.111 e. The van der Waals surface area contributed by atoms with Gasteiger partial charge < -0.3 is 9.47 Å². The fourth-order valence-corrected chi connectivity index (χ4v) is 1.42. The molecular weight excluding hydrogens is 152 g/mol. The maximum atomic E-state index is 5.40. The largest absolute Gasteiger partial charge is 0.376 e. The third-order valence-electron chi connectivity index (χ3n) is 2.21. The lowest BCUT2D eigenvalue weighted by Crippen LogP contribution is -2.39.